The predicted molar refractivity (Wildman–Crippen MR) is 101 cm³/mol. The fourth-order valence-electron chi connectivity index (χ4n) is 2.68. The number of alkyl carbamates (subject to hydrolysis) is 1. The summed E-state index contributed by atoms with van der Waals surface area (Å²) in [7, 11) is 4.36. The lowest BCUT2D eigenvalue weighted by Gasteiger charge is -2.22. The Morgan fingerprint density at radius 3 is 2.11 bits per heavy atom. The first-order chi connectivity index (χ1) is 13.5. The van der Waals surface area contributed by atoms with E-state index >= 15 is 0 Å². The fourth-order valence-corrected chi connectivity index (χ4v) is 2.68. The number of carbonyl (C=O) groups is 2. The number of carboxylic acids is 1. The van der Waals surface area contributed by atoms with Crippen LogP contribution in [0, 0.1) is 0 Å². The molecule has 1 amide bonds. The summed E-state index contributed by atoms with van der Waals surface area (Å²) >= 11 is 0. The third-order valence-electron chi connectivity index (χ3n) is 3.99. The average molecular weight is 389 g/mol. The van der Waals surface area contributed by atoms with Crippen molar-refractivity contribution in [3.05, 3.63) is 53.6 Å². The van der Waals surface area contributed by atoms with Gasteiger partial charge in [-0.15, -0.1) is 0 Å². The molecule has 2 N–H and O–H groups in total. The summed E-state index contributed by atoms with van der Waals surface area (Å²) in [5.41, 5.74) is 1.19. The largest absolute Gasteiger partial charge is 0.496 e. The summed E-state index contributed by atoms with van der Waals surface area (Å²) in [4.78, 5) is 23.6. The van der Waals surface area contributed by atoms with Crippen LogP contribution in [0.15, 0.2) is 42.5 Å². The maximum Gasteiger partial charge on any atom is 0.407 e. The molecule has 0 aliphatic carbocycles. The molecule has 0 aliphatic rings. The van der Waals surface area contributed by atoms with Crippen LogP contribution in [-0.2, 0) is 16.1 Å². The topological polar surface area (TPSA) is 103 Å². The molecule has 0 bridgehead atoms. The van der Waals surface area contributed by atoms with E-state index < -0.39 is 18.1 Å². The molecule has 0 saturated carbocycles. The molecule has 0 aromatic heterocycles. The van der Waals surface area contributed by atoms with Gasteiger partial charge in [-0.2, -0.15) is 0 Å². The van der Waals surface area contributed by atoms with E-state index in [2.05, 4.69) is 5.32 Å². The van der Waals surface area contributed by atoms with Crippen molar-refractivity contribution in [3.63, 3.8) is 0 Å². The maximum absolute atomic E-state index is 12.3. The number of benzene rings is 2. The van der Waals surface area contributed by atoms with Gasteiger partial charge in [0.25, 0.3) is 0 Å². The molecule has 8 nitrogen and oxygen atoms in total. The lowest BCUT2D eigenvalue weighted by molar-refractivity contribution is -0.137. The summed E-state index contributed by atoms with van der Waals surface area (Å²) in [5, 5.41) is 11.9. The highest BCUT2D eigenvalue weighted by Crippen LogP contribution is 2.39. The van der Waals surface area contributed by atoms with Crippen LogP contribution in [0.2, 0.25) is 0 Å². The first-order valence-electron chi connectivity index (χ1n) is 8.47. The Balaban J connectivity index is 2.25. The van der Waals surface area contributed by atoms with Gasteiger partial charge in [-0.1, -0.05) is 30.3 Å². The number of carbonyl (C=O) groups excluding carboxylic acids is 1. The SMILES string of the molecule is COc1cc(OC)c([C@@H](CC(=O)O)NC(=O)OCc2ccccc2)c(OC)c1. The second-order valence-corrected chi connectivity index (χ2v) is 5.80. The second kappa shape index (κ2) is 10.1. The Kier molecular flexibility index (Phi) is 7.50. The van der Waals surface area contributed by atoms with Gasteiger partial charge in [0, 0.05) is 12.1 Å². The molecular formula is C20H23NO7. The van der Waals surface area contributed by atoms with E-state index in [1.54, 1.807) is 12.1 Å². The minimum atomic E-state index is -1.10. The lowest BCUT2D eigenvalue weighted by Crippen LogP contribution is -2.31. The first kappa shape index (κ1) is 20.9. The Hall–Kier alpha value is -3.42. The molecule has 0 saturated heterocycles. The first-order valence-corrected chi connectivity index (χ1v) is 8.47. The molecule has 0 radical (unpaired) electrons. The van der Waals surface area contributed by atoms with Gasteiger partial charge in [-0.3, -0.25) is 4.79 Å². The van der Waals surface area contributed by atoms with E-state index in [4.69, 9.17) is 18.9 Å². The number of hydrogen-bond acceptors (Lipinski definition) is 6. The van der Waals surface area contributed by atoms with E-state index in [0.717, 1.165) is 5.56 Å². The Bertz CT molecular complexity index is 782. The average Bonchev–Trinajstić information content (AvgIpc) is 2.71. The number of carboxylic acid groups (broad SMARTS) is 1. The molecule has 150 valence electrons. The molecule has 0 spiro atoms. The standard InChI is InChI=1S/C20H23NO7/c1-25-14-9-16(26-2)19(17(10-14)27-3)15(11-18(22)23)21-20(24)28-12-13-7-5-4-6-8-13/h4-10,15H,11-12H2,1-3H3,(H,21,24)(H,22,23)/t15-/m1/s1. The maximum atomic E-state index is 12.3. The zero-order valence-corrected chi connectivity index (χ0v) is 15.9. The zero-order chi connectivity index (χ0) is 20.5. The van der Waals surface area contributed by atoms with Gasteiger partial charge in [0.05, 0.1) is 39.4 Å². The van der Waals surface area contributed by atoms with Crippen molar-refractivity contribution in [2.45, 2.75) is 19.1 Å². The number of ether oxygens (including phenoxy) is 4. The predicted octanol–water partition coefficient (Wildman–Crippen LogP) is 3.15. The number of rotatable bonds is 9. The highest BCUT2D eigenvalue weighted by atomic mass is 16.5. The molecule has 28 heavy (non-hydrogen) atoms. The Morgan fingerprint density at radius 1 is 1.00 bits per heavy atom. The molecule has 2 aromatic rings. The summed E-state index contributed by atoms with van der Waals surface area (Å²) < 4.78 is 21.1. The molecule has 0 aliphatic heterocycles. The number of aliphatic carboxylic acids is 1. The van der Waals surface area contributed by atoms with E-state index in [1.807, 2.05) is 30.3 Å². The number of methoxy groups -OCH3 is 3. The molecule has 0 unspecified atom stereocenters. The van der Waals surface area contributed by atoms with Gasteiger partial charge in [0.2, 0.25) is 0 Å². The molecule has 2 aromatic carbocycles. The molecular weight excluding hydrogens is 366 g/mol. The van der Waals surface area contributed by atoms with Crippen molar-refractivity contribution < 1.29 is 33.6 Å². The van der Waals surface area contributed by atoms with Crippen LogP contribution < -0.4 is 19.5 Å². The second-order valence-electron chi connectivity index (χ2n) is 5.80. The fraction of sp³-hybridized carbons (Fsp3) is 0.300. The normalized spacial score (nSPS) is 11.2. The molecule has 0 heterocycles. The van der Waals surface area contributed by atoms with Gasteiger partial charge in [0.15, 0.2) is 0 Å². The van der Waals surface area contributed by atoms with Crippen LogP contribution in [0.25, 0.3) is 0 Å². The zero-order valence-electron chi connectivity index (χ0n) is 15.9. The van der Waals surface area contributed by atoms with E-state index in [0.29, 0.717) is 22.8 Å². The molecule has 0 fully saturated rings. The highest BCUT2D eigenvalue weighted by molar-refractivity contribution is 5.73. The minimum absolute atomic E-state index is 0.0589. The van der Waals surface area contributed by atoms with Crippen molar-refractivity contribution in [2.24, 2.45) is 0 Å². The molecule has 2 rings (SSSR count). The van der Waals surface area contributed by atoms with Crippen molar-refractivity contribution in [1.82, 2.24) is 5.32 Å². The van der Waals surface area contributed by atoms with Crippen molar-refractivity contribution in [3.8, 4) is 17.2 Å². The Morgan fingerprint density at radius 2 is 1.61 bits per heavy atom. The third kappa shape index (κ3) is 5.54. The van der Waals surface area contributed by atoms with E-state index in [-0.39, 0.29) is 13.0 Å². The summed E-state index contributed by atoms with van der Waals surface area (Å²) in [6.45, 7) is 0.0589. The lowest BCUT2D eigenvalue weighted by atomic mass is 10.0. The third-order valence-corrected chi connectivity index (χ3v) is 3.99. The smallest absolute Gasteiger partial charge is 0.407 e. The number of nitrogens with one attached hydrogen (secondary N) is 1. The van der Waals surface area contributed by atoms with Crippen LogP contribution in [0.3, 0.4) is 0 Å². The summed E-state index contributed by atoms with van der Waals surface area (Å²) in [5.74, 6) is 0.0167. The number of amides is 1. The van der Waals surface area contributed by atoms with E-state index in [1.165, 1.54) is 21.3 Å². The monoisotopic (exact) mass is 389 g/mol. The van der Waals surface area contributed by atoms with E-state index in [9.17, 15) is 14.7 Å². The summed E-state index contributed by atoms with van der Waals surface area (Å²) in [6.07, 6.45) is -1.14. The van der Waals surface area contributed by atoms with Gasteiger partial charge < -0.3 is 29.4 Å². The van der Waals surface area contributed by atoms with Crippen molar-refractivity contribution in [2.75, 3.05) is 21.3 Å². The van der Waals surface area contributed by atoms with Gasteiger partial charge in [-0.05, 0) is 5.56 Å². The van der Waals surface area contributed by atoms with Crippen LogP contribution in [0.4, 0.5) is 4.79 Å². The molecule has 1 atom stereocenters. The molecule has 8 heteroatoms. The van der Waals surface area contributed by atoms with Crippen molar-refractivity contribution >= 4 is 12.1 Å². The van der Waals surface area contributed by atoms with Gasteiger partial charge in [-0.25, -0.2) is 4.79 Å². The van der Waals surface area contributed by atoms with Crippen LogP contribution in [-0.4, -0.2) is 38.5 Å². The van der Waals surface area contributed by atoms with Crippen LogP contribution in [0.5, 0.6) is 17.2 Å². The highest BCUT2D eigenvalue weighted by Gasteiger charge is 2.27. The Labute approximate surface area is 163 Å². The van der Waals surface area contributed by atoms with Gasteiger partial charge in [0.1, 0.15) is 23.9 Å². The number of hydrogen-bond donors (Lipinski definition) is 2. The van der Waals surface area contributed by atoms with Crippen molar-refractivity contribution in [1.29, 1.82) is 0 Å². The van der Waals surface area contributed by atoms with Crippen LogP contribution in [0.1, 0.15) is 23.6 Å². The van der Waals surface area contributed by atoms with Crippen LogP contribution >= 0.6 is 0 Å². The van der Waals surface area contributed by atoms with Gasteiger partial charge >= 0.3 is 12.1 Å². The summed E-state index contributed by atoms with van der Waals surface area (Å²) in [6, 6.07) is 11.4. The quantitative estimate of drug-likeness (QED) is 0.679. The minimum Gasteiger partial charge on any atom is -0.496 e.